The van der Waals surface area contributed by atoms with Crippen LogP contribution in [0.25, 0.3) is 0 Å². The summed E-state index contributed by atoms with van der Waals surface area (Å²) in [5, 5.41) is 9.08. The average Bonchev–Trinajstić information content (AvgIpc) is 2.41. The van der Waals surface area contributed by atoms with E-state index in [0.29, 0.717) is 13.1 Å². The smallest absolute Gasteiger partial charge is 0.407 e. The van der Waals surface area contributed by atoms with E-state index in [1.54, 1.807) is 0 Å². The lowest BCUT2D eigenvalue weighted by Crippen LogP contribution is -2.47. The number of carbonyl (C=O) groups is 1. The van der Waals surface area contributed by atoms with Gasteiger partial charge in [-0.1, -0.05) is 12.1 Å². The molecule has 1 N–H and O–H groups in total. The van der Waals surface area contributed by atoms with E-state index in [1.165, 1.54) is 17.0 Å². The highest BCUT2D eigenvalue weighted by Crippen LogP contribution is 2.35. The summed E-state index contributed by atoms with van der Waals surface area (Å²) >= 11 is 0. The SMILES string of the molecule is CN(C)CC1(Cc2ccc(F)cc2)CCN(C(=O)O)CC1. The highest BCUT2D eigenvalue weighted by atomic mass is 19.1. The van der Waals surface area contributed by atoms with Crippen molar-refractivity contribution >= 4 is 6.09 Å². The van der Waals surface area contributed by atoms with Crippen molar-refractivity contribution in [3.05, 3.63) is 35.6 Å². The van der Waals surface area contributed by atoms with Gasteiger partial charge in [-0.05, 0) is 56.5 Å². The van der Waals surface area contributed by atoms with Gasteiger partial charge in [-0.2, -0.15) is 0 Å². The Morgan fingerprint density at radius 2 is 1.86 bits per heavy atom. The molecule has 0 bridgehead atoms. The van der Waals surface area contributed by atoms with Crippen molar-refractivity contribution in [3.8, 4) is 0 Å². The van der Waals surface area contributed by atoms with E-state index in [0.717, 1.165) is 31.4 Å². The van der Waals surface area contributed by atoms with Gasteiger partial charge in [-0.25, -0.2) is 9.18 Å². The molecule has 0 radical (unpaired) electrons. The fourth-order valence-corrected chi connectivity index (χ4v) is 3.27. The highest BCUT2D eigenvalue weighted by Gasteiger charge is 2.36. The number of rotatable bonds is 4. The van der Waals surface area contributed by atoms with E-state index < -0.39 is 6.09 Å². The van der Waals surface area contributed by atoms with Crippen LogP contribution >= 0.6 is 0 Å². The van der Waals surface area contributed by atoms with Crippen molar-refractivity contribution in [2.45, 2.75) is 19.3 Å². The summed E-state index contributed by atoms with van der Waals surface area (Å²) in [4.78, 5) is 14.7. The van der Waals surface area contributed by atoms with Crippen molar-refractivity contribution in [3.63, 3.8) is 0 Å². The Labute approximate surface area is 125 Å². The number of hydrogen-bond acceptors (Lipinski definition) is 2. The molecule has 1 fully saturated rings. The molecule has 5 heteroatoms. The van der Waals surface area contributed by atoms with E-state index in [1.807, 2.05) is 26.2 Å². The Hall–Kier alpha value is -1.62. The molecule has 4 nitrogen and oxygen atoms in total. The van der Waals surface area contributed by atoms with E-state index in [4.69, 9.17) is 5.11 Å². The zero-order valence-corrected chi connectivity index (χ0v) is 12.7. The summed E-state index contributed by atoms with van der Waals surface area (Å²) in [7, 11) is 4.08. The van der Waals surface area contributed by atoms with Crippen LogP contribution in [0, 0.1) is 11.2 Å². The van der Waals surface area contributed by atoms with Crippen LogP contribution in [0.4, 0.5) is 9.18 Å². The van der Waals surface area contributed by atoms with E-state index in [2.05, 4.69) is 4.90 Å². The number of amides is 1. The van der Waals surface area contributed by atoms with Gasteiger partial charge in [0.05, 0.1) is 0 Å². The van der Waals surface area contributed by atoms with Crippen molar-refractivity contribution in [2.75, 3.05) is 33.7 Å². The zero-order chi connectivity index (χ0) is 15.5. The minimum Gasteiger partial charge on any atom is -0.465 e. The van der Waals surface area contributed by atoms with Gasteiger partial charge in [0.15, 0.2) is 0 Å². The third kappa shape index (κ3) is 4.17. The molecule has 1 amide bonds. The lowest BCUT2D eigenvalue weighted by atomic mass is 9.73. The lowest BCUT2D eigenvalue weighted by molar-refractivity contribution is 0.0714. The number of carboxylic acid groups (broad SMARTS) is 1. The molecular weight excluding hydrogens is 271 g/mol. The average molecular weight is 294 g/mol. The van der Waals surface area contributed by atoms with Gasteiger partial charge in [0.2, 0.25) is 0 Å². The second-order valence-corrected chi connectivity index (χ2v) is 6.31. The van der Waals surface area contributed by atoms with Crippen molar-refractivity contribution in [1.82, 2.24) is 9.80 Å². The van der Waals surface area contributed by atoms with Gasteiger partial charge in [-0.3, -0.25) is 0 Å². The van der Waals surface area contributed by atoms with Gasteiger partial charge in [-0.15, -0.1) is 0 Å². The third-order valence-electron chi connectivity index (χ3n) is 4.24. The molecule has 1 aromatic carbocycles. The Balaban J connectivity index is 2.11. The Morgan fingerprint density at radius 1 is 1.29 bits per heavy atom. The lowest BCUT2D eigenvalue weighted by Gasteiger charge is -2.42. The zero-order valence-electron chi connectivity index (χ0n) is 12.7. The molecule has 0 aromatic heterocycles. The van der Waals surface area contributed by atoms with Crippen LogP contribution in [0.3, 0.4) is 0 Å². The predicted molar refractivity (Wildman–Crippen MR) is 79.9 cm³/mol. The molecule has 0 saturated carbocycles. The summed E-state index contributed by atoms with van der Waals surface area (Å²) < 4.78 is 13.0. The van der Waals surface area contributed by atoms with Crippen LogP contribution in [-0.2, 0) is 6.42 Å². The van der Waals surface area contributed by atoms with Crippen molar-refractivity contribution < 1.29 is 14.3 Å². The first-order chi connectivity index (χ1) is 9.90. The summed E-state index contributed by atoms with van der Waals surface area (Å²) in [6, 6.07) is 6.64. The third-order valence-corrected chi connectivity index (χ3v) is 4.24. The molecule has 2 rings (SSSR count). The maximum atomic E-state index is 13.0. The minimum absolute atomic E-state index is 0.0628. The monoisotopic (exact) mass is 294 g/mol. The Kier molecular flexibility index (Phi) is 4.83. The standard InChI is InChI=1S/C16H23FN2O2/c1-18(2)12-16(7-9-19(10-8-16)15(20)21)11-13-3-5-14(17)6-4-13/h3-6H,7-12H2,1-2H3,(H,20,21). The van der Waals surface area contributed by atoms with Crippen LogP contribution in [0.2, 0.25) is 0 Å². The minimum atomic E-state index is -0.838. The fourth-order valence-electron chi connectivity index (χ4n) is 3.27. The van der Waals surface area contributed by atoms with Crippen molar-refractivity contribution in [1.29, 1.82) is 0 Å². The Morgan fingerprint density at radius 3 is 2.33 bits per heavy atom. The normalized spacial score (nSPS) is 18.0. The van der Waals surface area contributed by atoms with Gasteiger partial charge >= 0.3 is 6.09 Å². The molecule has 21 heavy (non-hydrogen) atoms. The van der Waals surface area contributed by atoms with Gasteiger partial charge in [0, 0.05) is 19.6 Å². The van der Waals surface area contributed by atoms with Crippen molar-refractivity contribution in [2.24, 2.45) is 5.41 Å². The summed E-state index contributed by atoms with van der Waals surface area (Å²) in [5.41, 5.74) is 1.18. The number of halogens is 1. The van der Waals surface area contributed by atoms with Crippen LogP contribution in [0.15, 0.2) is 24.3 Å². The largest absolute Gasteiger partial charge is 0.465 e. The quantitative estimate of drug-likeness (QED) is 0.928. The molecule has 1 aliphatic rings. The maximum Gasteiger partial charge on any atom is 0.407 e. The Bertz CT molecular complexity index is 480. The van der Waals surface area contributed by atoms with Crippen LogP contribution < -0.4 is 0 Å². The fraction of sp³-hybridized carbons (Fsp3) is 0.562. The van der Waals surface area contributed by atoms with E-state index in [9.17, 15) is 9.18 Å². The molecule has 1 heterocycles. The summed E-state index contributed by atoms with van der Waals surface area (Å²) in [6.45, 7) is 2.06. The molecule has 116 valence electrons. The molecule has 1 saturated heterocycles. The van der Waals surface area contributed by atoms with E-state index in [-0.39, 0.29) is 11.2 Å². The van der Waals surface area contributed by atoms with Gasteiger partial charge in [0.25, 0.3) is 0 Å². The number of nitrogens with zero attached hydrogens (tertiary/aromatic N) is 2. The molecule has 0 aliphatic carbocycles. The number of piperidine rings is 1. The van der Waals surface area contributed by atoms with E-state index >= 15 is 0 Å². The summed E-state index contributed by atoms with van der Waals surface area (Å²) in [6.07, 6.45) is 1.71. The maximum absolute atomic E-state index is 13.0. The molecule has 0 spiro atoms. The first kappa shape index (κ1) is 15.8. The molecular formula is C16H23FN2O2. The number of hydrogen-bond donors (Lipinski definition) is 1. The van der Waals surface area contributed by atoms with Gasteiger partial charge in [0.1, 0.15) is 5.82 Å². The number of benzene rings is 1. The molecule has 0 atom stereocenters. The van der Waals surface area contributed by atoms with Gasteiger partial charge < -0.3 is 14.9 Å². The van der Waals surface area contributed by atoms with Crippen LogP contribution in [0.1, 0.15) is 18.4 Å². The topological polar surface area (TPSA) is 43.8 Å². The van der Waals surface area contributed by atoms with Crippen LogP contribution in [0.5, 0.6) is 0 Å². The van der Waals surface area contributed by atoms with Crippen LogP contribution in [-0.4, -0.2) is 54.7 Å². The molecule has 0 unspecified atom stereocenters. The second-order valence-electron chi connectivity index (χ2n) is 6.31. The molecule has 1 aromatic rings. The number of likely N-dealkylation sites (tertiary alicyclic amines) is 1. The molecule has 1 aliphatic heterocycles. The first-order valence-corrected chi connectivity index (χ1v) is 7.27. The first-order valence-electron chi connectivity index (χ1n) is 7.27. The summed E-state index contributed by atoms with van der Waals surface area (Å²) in [5.74, 6) is -0.221. The highest BCUT2D eigenvalue weighted by molar-refractivity contribution is 5.65. The second kappa shape index (κ2) is 6.43. The predicted octanol–water partition coefficient (Wildman–Crippen LogP) is 2.69.